The summed E-state index contributed by atoms with van der Waals surface area (Å²) in [5.74, 6) is 0.979. The highest BCUT2D eigenvalue weighted by molar-refractivity contribution is 5.96. The standard InChI is InChI=1S/C7H12N4/c1-2-6-11(5-1)10-7-3-4-8-9-7/h4H,1-3,5-6H2,(H,9,10). The molecule has 4 heteroatoms. The molecule has 60 valence electrons. The summed E-state index contributed by atoms with van der Waals surface area (Å²) in [5, 5.41) is 9.92. The molecule has 2 aliphatic rings. The number of amidine groups is 1. The largest absolute Gasteiger partial charge is 0.305 e. The van der Waals surface area contributed by atoms with Gasteiger partial charge in [-0.3, -0.25) is 0 Å². The summed E-state index contributed by atoms with van der Waals surface area (Å²) in [4.78, 5) is 0. The molecular formula is C7H12N4. The first-order valence-electron chi connectivity index (χ1n) is 4.05. The molecule has 0 aromatic rings. The normalized spacial score (nSPS) is 24.2. The van der Waals surface area contributed by atoms with Crippen LogP contribution in [-0.4, -0.2) is 30.1 Å². The zero-order chi connectivity index (χ0) is 7.52. The average Bonchev–Trinajstić information content (AvgIpc) is 2.60. The monoisotopic (exact) mass is 152 g/mol. The Morgan fingerprint density at radius 1 is 1.36 bits per heavy atom. The van der Waals surface area contributed by atoms with E-state index in [1.807, 2.05) is 6.21 Å². The third-order valence-electron chi connectivity index (χ3n) is 1.94. The number of hydrazine groups is 1. The second-order valence-electron chi connectivity index (χ2n) is 2.85. The van der Waals surface area contributed by atoms with E-state index in [0.717, 1.165) is 25.3 Å². The van der Waals surface area contributed by atoms with Crippen LogP contribution >= 0.6 is 0 Å². The maximum Gasteiger partial charge on any atom is 0.144 e. The number of hydrogen-bond acceptors (Lipinski definition) is 4. The lowest BCUT2D eigenvalue weighted by molar-refractivity contribution is 0.294. The first-order valence-corrected chi connectivity index (χ1v) is 4.05. The van der Waals surface area contributed by atoms with Crippen LogP contribution in [0, 0.1) is 0 Å². The highest BCUT2D eigenvalue weighted by atomic mass is 15.5. The fourth-order valence-electron chi connectivity index (χ4n) is 1.36. The minimum atomic E-state index is 0.858. The van der Waals surface area contributed by atoms with Gasteiger partial charge in [-0.05, 0) is 12.8 Å². The quantitative estimate of drug-likeness (QED) is 0.590. The van der Waals surface area contributed by atoms with Crippen molar-refractivity contribution < 1.29 is 0 Å². The molecule has 11 heavy (non-hydrogen) atoms. The third kappa shape index (κ3) is 1.57. The van der Waals surface area contributed by atoms with Gasteiger partial charge in [-0.2, -0.15) is 5.10 Å². The van der Waals surface area contributed by atoms with E-state index in [2.05, 4.69) is 20.6 Å². The molecule has 2 rings (SSSR count). The van der Waals surface area contributed by atoms with Crippen molar-refractivity contribution in [3.05, 3.63) is 0 Å². The molecule has 1 fully saturated rings. The molecule has 0 unspecified atom stereocenters. The van der Waals surface area contributed by atoms with E-state index in [9.17, 15) is 0 Å². The van der Waals surface area contributed by atoms with E-state index in [-0.39, 0.29) is 0 Å². The van der Waals surface area contributed by atoms with Crippen LogP contribution in [0.5, 0.6) is 0 Å². The summed E-state index contributed by atoms with van der Waals surface area (Å²) >= 11 is 0. The maximum atomic E-state index is 3.93. The molecule has 4 nitrogen and oxygen atoms in total. The van der Waals surface area contributed by atoms with E-state index in [1.54, 1.807) is 0 Å². The predicted octanol–water partition coefficient (Wildman–Crippen LogP) is 0.375. The van der Waals surface area contributed by atoms with E-state index >= 15 is 0 Å². The van der Waals surface area contributed by atoms with Gasteiger partial charge in [0, 0.05) is 25.7 Å². The highest BCUT2D eigenvalue weighted by Crippen LogP contribution is 2.04. The van der Waals surface area contributed by atoms with E-state index in [1.165, 1.54) is 12.8 Å². The smallest absolute Gasteiger partial charge is 0.144 e. The van der Waals surface area contributed by atoms with E-state index in [4.69, 9.17) is 0 Å². The maximum absolute atomic E-state index is 3.93. The summed E-state index contributed by atoms with van der Waals surface area (Å²) in [5.41, 5.74) is 3.24. The van der Waals surface area contributed by atoms with Crippen LogP contribution in [0.4, 0.5) is 0 Å². The SMILES string of the molecule is C1=NN=C(NN2CCCC2)C1. The van der Waals surface area contributed by atoms with Crippen LogP contribution < -0.4 is 5.43 Å². The van der Waals surface area contributed by atoms with Crippen molar-refractivity contribution in [1.29, 1.82) is 0 Å². The van der Waals surface area contributed by atoms with E-state index in [0.29, 0.717) is 0 Å². The van der Waals surface area contributed by atoms with Crippen molar-refractivity contribution in [2.75, 3.05) is 13.1 Å². The average molecular weight is 152 g/mol. The van der Waals surface area contributed by atoms with Crippen LogP contribution in [0.1, 0.15) is 19.3 Å². The van der Waals surface area contributed by atoms with Crippen LogP contribution in [0.15, 0.2) is 10.2 Å². The fraction of sp³-hybridized carbons (Fsp3) is 0.714. The molecular weight excluding hydrogens is 140 g/mol. The molecule has 0 spiro atoms. The molecule has 0 aromatic carbocycles. The van der Waals surface area contributed by atoms with Gasteiger partial charge in [0.25, 0.3) is 0 Å². The molecule has 0 radical (unpaired) electrons. The van der Waals surface area contributed by atoms with Gasteiger partial charge in [0.15, 0.2) is 0 Å². The molecule has 0 aliphatic carbocycles. The molecule has 0 amide bonds. The molecule has 0 bridgehead atoms. The molecule has 1 saturated heterocycles. The molecule has 0 saturated carbocycles. The Hall–Kier alpha value is -0.900. The second kappa shape index (κ2) is 3.00. The zero-order valence-corrected chi connectivity index (χ0v) is 6.45. The van der Waals surface area contributed by atoms with Crippen LogP contribution in [0.25, 0.3) is 0 Å². The van der Waals surface area contributed by atoms with Crippen molar-refractivity contribution in [2.24, 2.45) is 10.2 Å². The van der Waals surface area contributed by atoms with Gasteiger partial charge in [-0.1, -0.05) is 0 Å². The Morgan fingerprint density at radius 3 is 2.82 bits per heavy atom. The molecule has 0 aromatic heterocycles. The number of hydrogen-bond donors (Lipinski definition) is 1. The Balaban J connectivity index is 1.81. The molecule has 1 N–H and O–H groups in total. The van der Waals surface area contributed by atoms with Crippen LogP contribution in [0.3, 0.4) is 0 Å². The lowest BCUT2D eigenvalue weighted by Gasteiger charge is -2.16. The molecule has 0 atom stereocenters. The van der Waals surface area contributed by atoms with Crippen molar-refractivity contribution in [2.45, 2.75) is 19.3 Å². The topological polar surface area (TPSA) is 40.0 Å². The van der Waals surface area contributed by atoms with Crippen molar-refractivity contribution in [3.8, 4) is 0 Å². The lowest BCUT2D eigenvalue weighted by Crippen LogP contribution is -2.39. The van der Waals surface area contributed by atoms with Gasteiger partial charge in [0.2, 0.25) is 0 Å². The summed E-state index contributed by atoms with van der Waals surface area (Å²) < 4.78 is 0. The fourth-order valence-corrected chi connectivity index (χ4v) is 1.36. The summed E-state index contributed by atoms with van der Waals surface area (Å²) in [7, 11) is 0. The zero-order valence-electron chi connectivity index (χ0n) is 6.45. The minimum Gasteiger partial charge on any atom is -0.305 e. The first-order chi connectivity index (χ1) is 5.45. The summed E-state index contributed by atoms with van der Waals surface area (Å²) in [6.45, 7) is 2.28. The predicted molar refractivity (Wildman–Crippen MR) is 44.5 cm³/mol. The van der Waals surface area contributed by atoms with Gasteiger partial charge in [-0.25, -0.2) is 5.01 Å². The van der Waals surface area contributed by atoms with Crippen molar-refractivity contribution >= 4 is 12.1 Å². The lowest BCUT2D eigenvalue weighted by atomic mass is 10.4. The molecule has 2 aliphatic heterocycles. The van der Waals surface area contributed by atoms with E-state index < -0.39 is 0 Å². The minimum absolute atomic E-state index is 0.858. The first kappa shape index (κ1) is 6.79. The van der Waals surface area contributed by atoms with Gasteiger partial charge >= 0.3 is 0 Å². The van der Waals surface area contributed by atoms with Crippen LogP contribution in [0.2, 0.25) is 0 Å². The number of nitrogens with one attached hydrogen (secondary N) is 1. The van der Waals surface area contributed by atoms with Crippen LogP contribution in [-0.2, 0) is 0 Å². The van der Waals surface area contributed by atoms with Gasteiger partial charge in [-0.15, -0.1) is 5.10 Å². The summed E-state index contributed by atoms with van der Waals surface area (Å²) in [6.07, 6.45) is 5.26. The Bertz CT molecular complexity index is 191. The van der Waals surface area contributed by atoms with Gasteiger partial charge in [0.05, 0.1) is 0 Å². The summed E-state index contributed by atoms with van der Waals surface area (Å²) in [6, 6.07) is 0. The van der Waals surface area contributed by atoms with Crippen molar-refractivity contribution in [1.82, 2.24) is 10.4 Å². The van der Waals surface area contributed by atoms with Gasteiger partial charge < -0.3 is 5.43 Å². The second-order valence-corrected chi connectivity index (χ2v) is 2.85. The Labute approximate surface area is 66.0 Å². The third-order valence-corrected chi connectivity index (χ3v) is 1.94. The number of rotatable bonds is 1. The number of nitrogens with zero attached hydrogens (tertiary/aromatic N) is 3. The Morgan fingerprint density at radius 2 is 2.18 bits per heavy atom. The van der Waals surface area contributed by atoms with Gasteiger partial charge in [0.1, 0.15) is 5.84 Å². The highest BCUT2D eigenvalue weighted by Gasteiger charge is 2.13. The molecule has 2 heterocycles. The van der Waals surface area contributed by atoms with Crippen molar-refractivity contribution in [3.63, 3.8) is 0 Å². The Kier molecular flexibility index (Phi) is 1.85.